The summed E-state index contributed by atoms with van der Waals surface area (Å²) in [6, 6.07) is 25.5. The molecule has 7 nitrogen and oxygen atoms in total. The van der Waals surface area contributed by atoms with Crippen LogP contribution in [0.25, 0.3) is 11.0 Å². The molecule has 6 rings (SSSR count). The minimum absolute atomic E-state index is 0. The maximum Gasteiger partial charge on any atom is 0.137 e. The van der Waals surface area contributed by atoms with Crippen LogP contribution in [0, 0.1) is 0 Å². The number of ether oxygens (including phenoxy) is 1. The summed E-state index contributed by atoms with van der Waals surface area (Å²) in [6.45, 7) is 3.10. The number of nitrogens with zero attached hydrogens (tertiary/aromatic N) is 4. The molecule has 1 unspecified atom stereocenters. The zero-order valence-electron chi connectivity index (χ0n) is 22.7. The van der Waals surface area contributed by atoms with E-state index in [1.165, 1.54) is 16.7 Å². The molecular formula is C32H35BrN6O. The normalized spacial score (nSPS) is 14.6. The van der Waals surface area contributed by atoms with Crippen LogP contribution >= 0.6 is 17.0 Å². The van der Waals surface area contributed by atoms with Crippen molar-refractivity contribution in [2.75, 3.05) is 7.11 Å². The fraction of sp³-hybridized carbons (Fsp3) is 0.281. The molecule has 1 aliphatic carbocycles. The summed E-state index contributed by atoms with van der Waals surface area (Å²) in [6.07, 6.45) is 6.92. The maximum atomic E-state index is 5.47. The van der Waals surface area contributed by atoms with E-state index in [2.05, 4.69) is 62.6 Å². The Hall–Kier alpha value is -3.59. The van der Waals surface area contributed by atoms with Gasteiger partial charge in [0.25, 0.3) is 0 Å². The van der Waals surface area contributed by atoms with E-state index in [-0.39, 0.29) is 23.0 Å². The second-order valence-corrected chi connectivity index (χ2v) is 10.2. The van der Waals surface area contributed by atoms with Crippen molar-refractivity contribution in [1.29, 1.82) is 0 Å². The highest BCUT2D eigenvalue weighted by molar-refractivity contribution is 8.93. The zero-order valence-corrected chi connectivity index (χ0v) is 24.4. The second kappa shape index (κ2) is 13.2. The SMILES string of the molecule is Br.COc1cnc2c(c1)CCCC2N(Cc1ccc(CNCc2ccccn2)cc1)Cc1nc2ccccc2[nH]1. The Balaban J connectivity index is 0.00000323. The number of para-hydroxylation sites is 2. The first-order valence-corrected chi connectivity index (χ1v) is 13.6. The molecule has 0 aliphatic heterocycles. The molecule has 8 heteroatoms. The number of rotatable bonds is 10. The van der Waals surface area contributed by atoms with E-state index in [0.717, 1.165) is 79.4 Å². The summed E-state index contributed by atoms with van der Waals surface area (Å²) in [5.41, 5.74) is 8.11. The van der Waals surface area contributed by atoms with Gasteiger partial charge in [0.2, 0.25) is 0 Å². The Bertz CT molecular complexity index is 1490. The van der Waals surface area contributed by atoms with Gasteiger partial charge in [-0.05, 0) is 66.3 Å². The third-order valence-electron chi connectivity index (χ3n) is 7.45. The van der Waals surface area contributed by atoms with Crippen molar-refractivity contribution in [3.05, 3.63) is 119 Å². The number of H-pyrrole nitrogens is 1. The Morgan fingerprint density at radius 1 is 0.950 bits per heavy atom. The first-order valence-electron chi connectivity index (χ1n) is 13.6. The number of aromatic amines is 1. The standard InChI is InChI=1S/C32H34N6O.BrH/c1-39-27-17-25-7-6-11-30(32(25)35-20-27)38(22-31-36-28-9-2-3-10-29(28)37-31)21-24-14-12-23(13-15-24)18-33-19-26-8-4-5-16-34-26;/h2-5,8-10,12-17,20,30,33H,6-7,11,18-19,21-22H2,1H3,(H,36,37);1H. The van der Waals surface area contributed by atoms with Gasteiger partial charge in [-0.2, -0.15) is 0 Å². The van der Waals surface area contributed by atoms with Crippen LogP contribution in [0.5, 0.6) is 5.75 Å². The highest BCUT2D eigenvalue weighted by Crippen LogP contribution is 2.36. The van der Waals surface area contributed by atoms with E-state index in [0.29, 0.717) is 0 Å². The van der Waals surface area contributed by atoms with Crippen molar-refractivity contribution in [1.82, 2.24) is 30.2 Å². The molecule has 0 amide bonds. The third kappa shape index (κ3) is 6.58. The molecule has 206 valence electrons. The molecule has 0 bridgehead atoms. The number of hydrogen-bond donors (Lipinski definition) is 2. The maximum absolute atomic E-state index is 5.47. The predicted molar refractivity (Wildman–Crippen MR) is 163 cm³/mol. The summed E-state index contributed by atoms with van der Waals surface area (Å²) in [4.78, 5) is 20.2. The number of benzene rings is 2. The molecule has 0 radical (unpaired) electrons. The topological polar surface area (TPSA) is 79.0 Å². The molecule has 0 saturated heterocycles. The van der Waals surface area contributed by atoms with Crippen LogP contribution in [0.3, 0.4) is 0 Å². The lowest BCUT2D eigenvalue weighted by molar-refractivity contribution is 0.153. The number of fused-ring (bicyclic) bond motifs is 2. The molecule has 0 spiro atoms. The van der Waals surface area contributed by atoms with Crippen LogP contribution in [0.4, 0.5) is 0 Å². The summed E-state index contributed by atoms with van der Waals surface area (Å²) >= 11 is 0. The Morgan fingerprint density at radius 3 is 2.58 bits per heavy atom. The van der Waals surface area contributed by atoms with Crippen LogP contribution in [0.2, 0.25) is 0 Å². The monoisotopic (exact) mass is 598 g/mol. The molecule has 3 aromatic heterocycles. The van der Waals surface area contributed by atoms with Gasteiger partial charge in [-0.25, -0.2) is 4.98 Å². The molecule has 1 aliphatic rings. The van der Waals surface area contributed by atoms with Gasteiger partial charge in [-0.15, -0.1) is 17.0 Å². The van der Waals surface area contributed by atoms with Crippen molar-refractivity contribution in [2.45, 2.75) is 51.5 Å². The van der Waals surface area contributed by atoms with Crippen molar-refractivity contribution < 1.29 is 4.74 Å². The van der Waals surface area contributed by atoms with Crippen molar-refractivity contribution in [3.63, 3.8) is 0 Å². The number of pyridine rings is 2. The largest absolute Gasteiger partial charge is 0.495 e. The van der Waals surface area contributed by atoms with Crippen molar-refractivity contribution in [3.8, 4) is 5.75 Å². The van der Waals surface area contributed by atoms with Crippen LogP contribution in [-0.2, 0) is 32.6 Å². The zero-order chi connectivity index (χ0) is 26.4. The van der Waals surface area contributed by atoms with Crippen LogP contribution in [0.1, 0.15) is 52.8 Å². The molecule has 2 aromatic carbocycles. The molecule has 3 heterocycles. The number of halogens is 1. The Morgan fingerprint density at radius 2 is 1.77 bits per heavy atom. The van der Waals surface area contributed by atoms with E-state index >= 15 is 0 Å². The lowest BCUT2D eigenvalue weighted by Crippen LogP contribution is -2.32. The summed E-state index contributed by atoms with van der Waals surface area (Å²) < 4.78 is 5.47. The van der Waals surface area contributed by atoms with E-state index in [1.54, 1.807) is 7.11 Å². The van der Waals surface area contributed by atoms with Crippen LogP contribution in [-0.4, -0.2) is 31.9 Å². The molecule has 1 atom stereocenters. The number of aromatic nitrogens is 4. The molecule has 0 saturated carbocycles. The fourth-order valence-corrected chi connectivity index (χ4v) is 5.47. The van der Waals surface area contributed by atoms with E-state index in [1.807, 2.05) is 42.7 Å². The van der Waals surface area contributed by atoms with Crippen molar-refractivity contribution >= 4 is 28.0 Å². The van der Waals surface area contributed by atoms with Crippen LogP contribution in [0.15, 0.2) is 85.2 Å². The molecular weight excluding hydrogens is 564 g/mol. The minimum atomic E-state index is 0. The first kappa shape index (κ1) is 28.0. The average molecular weight is 600 g/mol. The lowest BCUT2D eigenvalue weighted by atomic mass is 9.90. The molecule has 5 aromatic rings. The highest BCUT2D eigenvalue weighted by atomic mass is 79.9. The minimum Gasteiger partial charge on any atom is -0.495 e. The van der Waals surface area contributed by atoms with E-state index < -0.39 is 0 Å². The number of methoxy groups -OCH3 is 1. The van der Waals surface area contributed by atoms with Gasteiger partial charge in [0.1, 0.15) is 11.6 Å². The van der Waals surface area contributed by atoms with Gasteiger partial charge in [-0.3, -0.25) is 14.9 Å². The molecule has 2 N–H and O–H groups in total. The number of imidazole rings is 1. The number of nitrogens with one attached hydrogen (secondary N) is 2. The quantitative estimate of drug-likeness (QED) is 0.196. The third-order valence-corrected chi connectivity index (χ3v) is 7.45. The highest BCUT2D eigenvalue weighted by Gasteiger charge is 2.28. The Kier molecular flexibility index (Phi) is 9.21. The lowest BCUT2D eigenvalue weighted by Gasteiger charge is -2.35. The van der Waals surface area contributed by atoms with Crippen LogP contribution < -0.4 is 10.1 Å². The summed E-state index contributed by atoms with van der Waals surface area (Å²) in [7, 11) is 1.70. The van der Waals surface area contributed by atoms with E-state index in [9.17, 15) is 0 Å². The Labute approximate surface area is 245 Å². The predicted octanol–water partition coefficient (Wildman–Crippen LogP) is 6.31. The first-order chi connectivity index (χ1) is 19.2. The van der Waals surface area contributed by atoms with Gasteiger partial charge >= 0.3 is 0 Å². The number of hydrogen-bond acceptors (Lipinski definition) is 6. The molecule has 0 fully saturated rings. The number of aryl methyl sites for hydroxylation is 1. The summed E-state index contributed by atoms with van der Waals surface area (Å²) in [5, 5.41) is 3.49. The van der Waals surface area contributed by atoms with E-state index in [4.69, 9.17) is 14.7 Å². The summed E-state index contributed by atoms with van der Waals surface area (Å²) in [5.74, 6) is 1.80. The van der Waals surface area contributed by atoms with Gasteiger partial charge < -0.3 is 15.0 Å². The fourth-order valence-electron chi connectivity index (χ4n) is 5.47. The van der Waals surface area contributed by atoms with Gasteiger partial charge in [0, 0.05) is 25.8 Å². The van der Waals surface area contributed by atoms with Gasteiger partial charge in [-0.1, -0.05) is 42.5 Å². The average Bonchev–Trinajstić information content (AvgIpc) is 3.40. The smallest absolute Gasteiger partial charge is 0.137 e. The van der Waals surface area contributed by atoms with Gasteiger partial charge in [0.05, 0.1) is 48.3 Å². The van der Waals surface area contributed by atoms with Crippen molar-refractivity contribution in [2.24, 2.45) is 0 Å². The second-order valence-electron chi connectivity index (χ2n) is 10.2. The van der Waals surface area contributed by atoms with Gasteiger partial charge in [0.15, 0.2) is 0 Å². The molecule has 40 heavy (non-hydrogen) atoms.